The molecule has 406 valence electrons. The quantitative estimate of drug-likeness (QED) is 0.0197. The minimum atomic E-state index is -5.07. The van der Waals surface area contributed by atoms with E-state index >= 15 is 0 Å². The predicted octanol–water partition coefficient (Wildman–Crippen LogP) is 13.4. The van der Waals surface area contributed by atoms with Crippen molar-refractivity contribution in [2.75, 3.05) is 26.4 Å². The van der Waals surface area contributed by atoms with Gasteiger partial charge in [-0.05, 0) is 83.5 Å². The number of allylic oxidation sites excluding steroid dienone is 12. The molecule has 0 aromatic rings. The molecule has 0 aromatic carbocycles. The van der Waals surface area contributed by atoms with Crippen LogP contribution in [0.25, 0.3) is 0 Å². The molecule has 4 N–H and O–H groups in total. The molecule has 0 spiro atoms. The molecule has 1 rings (SSSR count). The smallest absolute Gasteiger partial charge is 0.397 e. The second-order valence-corrected chi connectivity index (χ2v) is 19.8. The van der Waals surface area contributed by atoms with E-state index in [1.807, 2.05) is 0 Å². The van der Waals surface area contributed by atoms with Gasteiger partial charge >= 0.3 is 16.4 Å². The van der Waals surface area contributed by atoms with Gasteiger partial charge in [-0.1, -0.05) is 202 Å². The molecule has 0 saturated carbocycles. The summed E-state index contributed by atoms with van der Waals surface area (Å²) >= 11 is 0. The van der Waals surface area contributed by atoms with Crippen LogP contribution in [0.5, 0.6) is 0 Å². The Kier molecular flexibility index (Phi) is 44.5. The minimum Gasteiger partial charge on any atom is -0.457 e. The van der Waals surface area contributed by atoms with Crippen molar-refractivity contribution < 1.29 is 56.2 Å². The molecule has 0 bridgehead atoms. The van der Waals surface area contributed by atoms with Crippen LogP contribution in [0.3, 0.4) is 0 Å². The van der Waals surface area contributed by atoms with Crippen molar-refractivity contribution in [3.8, 4) is 0 Å². The first-order chi connectivity index (χ1) is 34.1. The molecule has 0 amide bonds. The van der Waals surface area contributed by atoms with Crippen molar-refractivity contribution in [3.05, 3.63) is 72.9 Å². The van der Waals surface area contributed by atoms with Gasteiger partial charge in [-0.3, -0.25) is 9.35 Å². The summed E-state index contributed by atoms with van der Waals surface area (Å²) in [4.78, 5) is 12.9. The molecule has 0 radical (unpaired) electrons. The van der Waals surface area contributed by atoms with Gasteiger partial charge < -0.3 is 34.3 Å². The van der Waals surface area contributed by atoms with Crippen LogP contribution < -0.4 is 0 Å². The molecule has 1 saturated heterocycles. The van der Waals surface area contributed by atoms with Gasteiger partial charge in [-0.25, -0.2) is 4.18 Å². The monoisotopic (exact) mass is 1010 g/mol. The zero-order valence-electron chi connectivity index (χ0n) is 43.8. The van der Waals surface area contributed by atoms with Crippen LogP contribution in [0.15, 0.2) is 72.9 Å². The van der Waals surface area contributed by atoms with Crippen molar-refractivity contribution >= 4 is 16.4 Å². The molecule has 1 heterocycles. The van der Waals surface area contributed by atoms with Crippen molar-refractivity contribution in [1.29, 1.82) is 0 Å². The molecule has 6 atom stereocenters. The van der Waals surface area contributed by atoms with Crippen LogP contribution in [0, 0.1) is 0 Å². The molecule has 70 heavy (non-hydrogen) atoms. The second-order valence-electron chi connectivity index (χ2n) is 18.8. The van der Waals surface area contributed by atoms with E-state index in [9.17, 15) is 33.1 Å². The van der Waals surface area contributed by atoms with Crippen molar-refractivity contribution in [1.82, 2.24) is 0 Å². The largest absolute Gasteiger partial charge is 0.457 e. The van der Waals surface area contributed by atoms with Crippen LogP contribution >= 0.6 is 0 Å². The normalized spacial score (nSPS) is 19.7. The summed E-state index contributed by atoms with van der Waals surface area (Å²) < 4.78 is 59.4. The molecule has 1 aliphatic heterocycles. The van der Waals surface area contributed by atoms with E-state index in [0.29, 0.717) is 13.0 Å². The van der Waals surface area contributed by atoms with E-state index in [1.54, 1.807) is 0 Å². The van der Waals surface area contributed by atoms with E-state index in [1.165, 1.54) is 103 Å². The van der Waals surface area contributed by atoms with Gasteiger partial charge in [0.25, 0.3) is 0 Å². The number of aliphatic hydroxyl groups is 3. The Morgan fingerprint density at radius 2 is 0.986 bits per heavy atom. The predicted molar refractivity (Wildman–Crippen MR) is 285 cm³/mol. The van der Waals surface area contributed by atoms with Gasteiger partial charge in [0.2, 0.25) is 0 Å². The maximum Gasteiger partial charge on any atom is 0.397 e. The first kappa shape index (κ1) is 65.6. The van der Waals surface area contributed by atoms with Gasteiger partial charge in [0.15, 0.2) is 6.29 Å². The number of unbranched alkanes of at least 4 members (excludes halogenated alkanes) is 23. The number of rotatable bonds is 48. The van der Waals surface area contributed by atoms with Crippen molar-refractivity contribution in [2.24, 2.45) is 0 Å². The highest BCUT2D eigenvalue weighted by Gasteiger charge is 2.48. The van der Waals surface area contributed by atoms with Gasteiger partial charge in [-0.2, -0.15) is 8.42 Å². The Labute approximate surface area is 426 Å². The van der Waals surface area contributed by atoms with Gasteiger partial charge in [0, 0.05) is 13.0 Å². The molecule has 0 aromatic heterocycles. The third kappa shape index (κ3) is 40.1. The summed E-state index contributed by atoms with van der Waals surface area (Å²) in [6.45, 7) is 3.86. The molecule has 13 heteroatoms. The molecule has 0 aliphatic carbocycles. The lowest BCUT2D eigenvalue weighted by Crippen LogP contribution is -2.60. The highest BCUT2D eigenvalue weighted by molar-refractivity contribution is 7.80. The number of aliphatic hydroxyl groups excluding tert-OH is 3. The van der Waals surface area contributed by atoms with Gasteiger partial charge in [0.05, 0.1) is 19.8 Å². The van der Waals surface area contributed by atoms with Crippen LogP contribution in [0.2, 0.25) is 0 Å². The molecular formula is C57H100O12S. The van der Waals surface area contributed by atoms with Gasteiger partial charge in [0.1, 0.15) is 30.5 Å². The standard InChI is InChI=1S/C57H100O12S/c1-3-5-7-9-11-13-15-17-19-21-23-24-25-26-27-29-31-33-35-37-39-41-43-45-47-65-49-51(50-66-57-55(61)56(69-70(62,63)64)54(60)52(48-58)68-57)67-53(59)46-44-42-40-38-36-34-32-30-28-22-20-18-16-14-12-10-8-6-4-2/h6,8,12,14-15,17-18,20-21,23,28,30,51-52,54-58,60-61H,3-5,7,9-11,13,16,19,22,24-27,29,31-50H2,1-2H3,(H,62,63,64)/b8-6-,14-12-,17-15-,20-18-,23-21-,30-28-. The zero-order chi connectivity index (χ0) is 51.0. The summed E-state index contributed by atoms with van der Waals surface area (Å²) in [7, 11) is -5.07. The molecule has 6 unspecified atom stereocenters. The SMILES string of the molecule is CC/C=C\C/C=C\C/C=C\C/C=C\CCCCCCCCC(=O)OC(COCCCCCCCCCCCCCC/C=C\C/C=C\CCCCCCC)COC1OC(CO)C(O)C(OS(=O)(=O)O)C1O. The molecule has 1 fully saturated rings. The molecular weight excluding hydrogens is 909 g/mol. The zero-order valence-corrected chi connectivity index (χ0v) is 44.6. The number of hydrogen-bond donors (Lipinski definition) is 4. The number of carbonyl (C=O) groups excluding carboxylic acids is 1. The van der Waals surface area contributed by atoms with Crippen LogP contribution in [-0.4, -0.2) is 97.5 Å². The van der Waals surface area contributed by atoms with Crippen LogP contribution in [-0.2, 0) is 38.3 Å². The third-order valence-corrected chi connectivity index (χ3v) is 12.8. The highest BCUT2D eigenvalue weighted by atomic mass is 32.3. The summed E-state index contributed by atoms with van der Waals surface area (Å²) in [5.41, 5.74) is 0. The first-order valence-corrected chi connectivity index (χ1v) is 29.1. The fourth-order valence-corrected chi connectivity index (χ4v) is 8.67. The Bertz CT molecular complexity index is 1490. The topological polar surface area (TPSA) is 178 Å². The second kappa shape index (κ2) is 47.5. The Morgan fingerprint density at radius 3 is 1.44 bits per heavy atom. The van der Waals surface area contributed by atoms with Crippen molar-refractivity contribution in [2.45, 2.75) is 256 Å². The number of ether oxygens (including phenoxy) is 4. The van der Waals surface area contributed by atoms with E-state index in [4.69, 9.17) is 18.9 Å². The average Bonchev–Trinajstić information content (AvgIpc) is 3.34. The molecule has 12 nitrogen and oxygen atoms in total. The lowest BCUT2D eigenvalue weighted by Gasteiger charge is -2.41. The van der Waals surface area contributed by atoms with E-state index in [0.717, 1.165) is 89.9 Å². The number of carbonyl (C=O) groups is 1. The maximum absolute atomic E-state index is 12.9. The first-order valence-electron chi connectivity index (χ1n) is 27.7. The summed E-state index contributed by atoms with van der Waals surface area (Å²) in [5, 5.41) is 30.8. The number of esters is 1. The third-order valence-electron chi connectivity index (χ3n) is 12.3. The Balaban J connectivity index is 2.33. The Hall–Kier alpha value is -2.46. The fraction of sp³-hybridized carbons (Fsp3) is 0.772. The van der Waals surface area contributed by atoms with Crippen LogP contribution in [0.4, 0.5) is 0 Å². The fourth-order valence-electron chi connectivity index (χ4n) is 8.17. The highest BCUT2D eigenvalue weighted by Crippen LogP contribution is 2.26. The summed E-state index contributed by atoms with van der Waals surface area (Å²) in [6, 6.07) is 0. The van der Waals surface area contributed by atoms with E-state index < -0.39 is 59.8 Å². The van der Waals surface area contributed by atoms with Crippen molar-refractivity contribution in [3.63, 3.8) is 0 Å². The van der Waals surface area contributed by atoms with Crippen LogP contribution in [0.1, 0.15) is 219 Å². The van der Waals surface area contributed by atoms with E-state index in [-0.39, 0.29) is 19.6 Å². The Morgan fingerprint density at radius 1 is 0.557 bits per heavy atom. The maximum atomic E-state index is 12.9. The molecule has 1 aliphatic rings. The average molecular weight is 1010 g/mol. The summed E-state index contributed by atoms with van der Waals surface area (Å²) in [5.74, 6) is -0.414. The lowest BCUT2D eigenvalue weighted by molar-refractivity contribution is -0.301. The van der Waals surface area contributed by atoms with E-state index in [2.05, 4.69) is 90.9 Å². The van der Waals surface area contributed by atoms with Gasteiger partial charge in [-0.15, -0.1) is 0 Å². The minimum absolute atomic E-state index is 0.0263. The number of hydrogen-bond acceptors (Lipinski definition) is 11. The summed E-state index contributed by atoms with van der Waals surface area (Å²) in [6.07, 6.45) is 53.6. The lowest BCUT2D eigenvalue weighted by atomic mass is 9.99.